The van der Waals surface area contributed by atoms with Crippen LogP contribution in [0.2, 0.25) is 5.02 Å². The molecule has 7 heteroatoms. The second-order valence-electron chi connectivity index (χ2n) is 8.40. The zero-order valence-corrected chi connectivity index (χ0v) is 21.3. The Balaban J connectivity index is 1.33. The van der Waals surface area contributed by atoms with Crippen molar-refractivity contribution in [2.45, 2.75) is 43.8 Å². The lowest BCUT2D eigenvalue weighted by Gasteiger charge is -2.14. The van der Waals surface area contributed by atoms with Gasteiger partial charge in [0.25, 0.3) is 0 Å². The summed E-state index contributed by atoms with van der Waals surface area (Å²) in [4.78, 5) is 12.4. The standard InChI is InChI=1S/C28H29ClN4OS/c1-21(18-19-22-11-4-2-5-12-22)30-26(34)17-10-20-35-28-32-31-27(24-15-8-9-16-25(24)29)33(28)23-13-6-3-7-14-23/h2-9,11-16,21H,10,17-20H2,1H3,(H,30,34). The van der Waals surface area contributed by atoms with Crippen molar-refractivity contribution in [1.82, 2.24) is 20.1 Å². The minimum atomic E-state index is 0.0902. The molecule has 1 aromatic heterocycles. The Morgan fingerprint density at radius 2 is 1.66 bits per heavy atom. The normalized spacial score (nSPS) is 11.8. The van der Waals surface area contributed by atoms with E-state index in [1.807, 2.05) is 77.4 Å². The summed E-state index contributed by atoms with van der Waals surface area (Å²) in [5.41, 5.74) is 3.10. The minimum Gasteiger partial charge on any atom is -0.354 e. The van der Waals surface area contributed by atoms with E-state index >= 15 is 0 Å². The molecule has 0 spiro atoms. The number of hydrogen-bond acceptors (Lipinski definition) is 4. The Kier molecular flexibility index (Phi) is 8.98. The Labute approximate surface area is 215 Å². The fourth-order valence-corrected chi connectivity index (χ4v) is 4.94. The van der Waals surface area contributed by atoms with Crippen molar-refractivity contribution >= 4 is 29.3 Å². The molecule has 0 radical (unpaired) electrons. The molecule has 0 aliphatic rings. The zero-order chi connectivity index (χ0) is 24.5. The highest BCUT2D eigenvalue weighted by Crippen LogP contribution is 2.32. The van der Waals surface area contributed by atoms with Gasteiger partial charge in [-0.3, -0.25) is 9.36 Å². The number of nitrogens with zero attached hydrogens (tertiary/aromatic N) is 3. The van der Waals surface area contributed by atoms with Gasteiger partial charge in [-0.25, -0.2) is 0 Å². The highest BCUT2D eigenvalue weighted by Gasteiger charge is 2.18. The van der Waals surface area contributed by atoms with Gasteiger partial charge in [0, 0.05) is 29.5 Å². The van der Waals surface area contributed by atoms with E-state index in [1.54, 1.807) is 11.8 Å². The number of para-hydroxylation sites is 1. The first-order valence-electron chi connectivity index (χ1n) is 11.8. The van der Waals surface area contributed by atoms with Crippen molar-refractivity contribution in [3.05, 3.63) is 95.5 Å². The second kappa shape index (κ2) is 12.6. The van der Waals surface area contributed by atoms with Gasteiger partial charge in [0.1, 0.15) is 0 Å². The number of benzene rings is 3. The van der Waals surface area contributed by atoms with Gasteiger partial charge in [0.05, 0.1) is 5.02 Å². The van der Waals surface area contributed by atoms with Crippen molar-refractivity contribution in [1.29, 1.82) is 0 Å². The maximum Gasteiger partial charge on any atom is 0.220 e. The largest absolute Gasteiger partial charge is 0.354 e. The number of thioether (sulfide) groups is 1. The zero-order valence-electron chi connectivity index (χ0n) is 19.7. The van der Waals surface area contributed by atoms with E-state index in [1.165, 1.54) is 5.56 Å². The van der Waals surface area contributed by atoms with E-state index in [9.17, 15) is 4.79 Å². The molecule has 0 saturated carbocycles. The first-order chi connectivity index (χ1) is 17.1. The molecule has 1 amide bonds. The van der Waals surface area contributed by atoms with Crippen LogP contribution >= 0.6 is 23.4 Å². The SMILES string of the molecule is CC(CCc1ccccc1)NC(=O)CCCSc1nnc(-c2ccccc2Cl)n1-c1ccccc1. The third-order valence-electron chi connectivity index (χ3n) is 5.66. The predicted octanol–water partition coefficient (Wildman–Crippen LogP) is 6.60. The molecule has 0 aliphatic heterocycles. The lowest BCUT2D eigenvalue weighted by molar-refractivity contribution is -0.121. The fraction of sp³-hybridized carbons (Fsp3) is 0.250. The minimum absolute atomic E-state index is 0.0902. The van der Waals surface area contributed by atoms with Gasteiger partial charge in [0.15, 0.2) is 11.0 Å². The van der Waals surface area contributed by atoms with Crippen LogP contribution in [0.3, 0.4) is 0 Å². The smallest absolute Gasteiger partial charge is 0.220 e. The third kappa shape index (κ3) is 6.96. The lowest BCUT2D eigenvalue weighted by atomic mass is 10.1. The van der Waals surface area contributed by atoms with Gasteiger partial charge < -0.3 is 5.32 Å². The van der Waals surface area contributed by atoms with Crippen LogP contribution in [0.25, 0.3) is 17.1 Å². The van der Waals surface area contributed by atoms with Crippen LogP contribution in [0.5, 0.6) is 0 Å². The van der Waals surface area contributed by atoms with Crippen LogP contribution in [-0.4, -0.2) is 32.5 Å². The van der Waals surface area contributed by atoms with Crippen molar-refractivity contribution in [3.63, 3.8) is 0 Å². The molecule has 0 aliphatic carbocycles. The van der Waals surface area contributed by atoms with Crippen molar-refractivity contribution in [2.75, 3.05) is 5.75 Å². The highest BCUT2D eigenvalue weighted by molar-refractivity contribution is 7.99. The van der Waals surface area contributed by atoms with Crippen molar-refractivity contribution < 1.29 is 4.79 Å². The topological polar surface area (TPSA) is 59.8 Å². The number of rotatable bonds is 11. The van der Waals surface area contributed by atoms with Crippen LogP contribution in [0.4, 0.5) is 0 Å². The average Bonchev–Trinajstić information content (AvgIpc) is 3.30. The average molecular weight is 505 g/mol. The van der Waals surface area contributed by atoms with Crippen LogP contribution < -0.4 is 5.32 Å². The maximum absolute atomic E-state index is 12.4. The number of halogens is 1. The molecule has 1 unspecified atom stereocenters. The molecule has 1 heterocycles. The van der Waals surface area contributed by atoms with E-state index in [2.05, 4.69) is 34.6 Å². The molecule has 3 aromatic carbocycles. The summed E-state index contributed by atoms with van der Waals surface area (Å²) in [5, 5.41) is 13.4. The third-order valence-corrected chi connectivity index (χ3v) is 7.00. The van der Waals surface area contributed by atoms with E-state index in [4.69, 9.17) is 11.6 Å². The first kappa shape index (κ1) is 25.0. The predicted molar refractivity (Wildman–Crippen MR) is 144 cm³/mol. The van der Waals surface area contributed by atoms with E-state index in [0.717, 1.165) is 41.4 Å². The van der Waals surface area contributed by atoms with Gasteiger partial charge in [-0.15, -0.1) is 10.2 Å². The molecule has 180 valence electrons. The molecule has 0 fully saturated rings. The molecule has 4 aromatic rings. The molecule has 35 heavy (non-hydrogen) atoms. The van der Waals surface area contributed by atoms with Crippen molar-refractivity contribution in [2.24, 2.45) is 0 Å². The Morgan fingerprint density at radius 3 is 2.40 bits per heavy atom. The fourth-order valence-electron chi connectivity index (χ4n) is 3.83. The molecule has 0 saturated heterocycles. The molecular weight excluding hydrogens is 476 g/mol. The summed E-state index contributed by atoms with van der Waals surface area (Å²) in [5.74, 6) is 1.56. The van der Waals surface area contributed by atoms with E-state index < -0.39 is 0 Å². The Bertz CT molecular complexity index is 1230. The Hall–Kier alpha value is -3.09. The van der Waals surface area contributed by atoms with Crippen LogP contribution in [-0.2, 0) is 11.2 Å². The summed E-state index contributed by atoms with van der Waals surface area (Å²) >= 11 is 8.05. The number of aryl methyl sites for hydroxylation is 1. The summed E-state index contributed by atoms with van der Waals surface area (Å²) < 4.78 is 2.03. The Morgan fingerprint density at radius 1 is 0.971 bits per heavy atom. The van der Waals surface area contributed by atoms with Gasteiger partial charge in [-0.05, 0) is 56.0 Å². The van der Waals surface area contributed by atoms with Gasteiger partial charge in [-0.1, -0.05) is 84.0 Å². The molecular formula is C28H29ClN4OS. The number of hydrogen-bond donors (Lipinski definition) is 1. The van der Waals surface area contributed by atoms with E-state index in [0.29, 0.717) is 17.3 Å². The summed E-state index contributed by atoms with van der Waals surface area (Å²) in [6, 6.07) is 28.2. The second-order valence-corrected chi connectivity index (χ2v) is 9.87. The number of nitrogens with one attached hydrogen (secondary N) is 1. The number of amides is 1. The van der Waals surface area contributed by atoms with Gasteiger partial charge >= 0.3 is 0 Å². The number of carbonyl (C=O) groups excluding carboxylic acids is 1. The lowest BCUT2D eigenvalue weighted by Crippen LogP contribution is -2.32. The molecule has 5 nitrogen and oxygen atoms in total. The number of aromatic nitrogens is 3. The maximum atomic E-state index is 12.4. The molecule has 0 bridgehead atoms. The summed E-state index contributed by atoms with van der Waals surface area (Å²) in [7, 11) is 0. The van der Waals surface area contributed by atoms with E-state index in [-0.39, 0.29) is 11.9 Å². The molecule has 1 atom stereocenters. The van der Waals surface area contributed by atoms with Gasteiger partial charge in [0.2, 0.25) is 5.91 Å². The van der Waals surface area contributed by atoms with Gasteiger partial charge in [-0.2, -0.15) is 0 Å². The van der Waals surface area contributed by atoms with Crippen molar-refractivity contribution in [3.8, 4) is 17.1 Å². The summed E-state index contributed by atoms with van der Waals surface area (Å²) in [6.07, 6.45) is 3.13. The first-order valence-corrected chi connectivity index (χ1v) is 13.2. The summed E-state index contributed by atoms with van der Waals surface area (Å²) in [6.45, 7) is 2.06. The number of carbonyl (C=O) groups is 1. The molecule has 4 rings (SSSR count). The quantitative estimate of drug-likeness (QED) is 0.185. The molecule has 1 N–H and O–H groups in total. The van der Waals surface area contributed by atoms with Crippen LogP contribution in [0.15, 0.2) is 90.1 Å². The van der Waals surface area contributed by atoms with Crippen LogP contribution in [0, 0.1) is 0 Å². The van der Waals surface area contributed by atoms with Crippen LogP contribution in [0.1, 0.15) is 31.7 Å². The monoisotopic (exact) mass is 504 g/mol. The highest BCUT2D eigenvalue weighted by atomic mass is 35.5.